The summed E-state index contributed by atoms with van der Waals surface area (Å²) in [6.07, 6.45) is 2.04. The predicted molar refractivity (Wildman–Crippen MR) is 62.0 cm³/mol. The van der Waals surface area contributed by atoms with Crippen molar-refractivity contribution in [3.8, 4) is 5.75 Å². The molecule has 1 saturated heterocycles. The molecule has 2 heterocycles. The Morgan fingerprint density at radius 1 is 1.50 bits per heavy atom. The number of nitrogens with one attached hydrogen (secondary N) is 1. The number of benzene rings is 1. The third-order valence-corrected chi connectivity index (χ3v) is 3.33. The summed E-state index contributed by atoms with van der Waals surface area (Å²) >= 11 is 0. The van der Waals surface area contributed by atoms with Gasteiger partial charge < -0.3 is 15.0 Å². The van der Waals surface area contributed by atoms with Crippen LogP contribution in [-0.2, 0) is 4.79 Å². The van der Waals surface area contributed by atoms with Gasteiger partial charge in [0.05, 0.1) is 18.5 Å². The van der Waals surface area contributed by atoms with Gasteiger partial charge in [0, 0.05) is 12.6 Å². The van der Waals surface area contributed by atoms with Crippen LogP contribution >= 0.6 is 0 Å². The van der Waals surface area contributed by atoms with Gasteiger partial charge in [0.25, 0.3) is 0 Å². The van der Waals surface area contributed by atoms with Crippen LogP contribution in [0.4, 0.5) is 11.4 Å². The van der Waals surface area contributed by atoms with E-state index >= 15 is 0 Å². The molecule has 0 aromatic heterocycles. The van der Waals surface area contributed by atoms with Crippen molar-refractivity contribution in [2.24, 2.45) is 0 Å². The second-order valence-electron chi connectivity index (χ2n) is 4.22. The fraction of sp³-hybridized carbons (Fsp3) is 0.417. The molecule has 1 aromatic carbocycles. The van der Waals surface area contributed by atoms with Crippen LogP contribution in [0, 0.1) is 0 Å². The summed E-state index contributed by atoms with van der Waals surface area (Å²) in [5.41, 5.74) is 1.98. The van der Waals surface area contributed by atoms with Gasteiger partial charge in [-0.05, 0) is 25.0 Å². The Bertz CT molecular complexity index is 445. The van der Waals surface area contributed by atoms with E-state index in [4.69, 9.17) is 4.74 Å². The smallest absolute Gasteiger partial charge is 0.247 e. The molecule has 16 heavy (non-hydrogen) atoms. The largest absolute Gasteiger partial charge is 0.497 e. The molecule has 84 valence electrons. The molecule has 2 aliphatic rings. The first-order valence-corrected chi connectivity index (χ1v) is 5.55. The van der Waals surface area contributed by atoms with Gasteiger partial charge in [0.2, 0.25) is 5.91 Å². The first-order valence-electron chi connectivity index (χ1n) is 5.55. The van der Waals surface area contributed by atoms with Crippen LogP contribution in [-0.4, -0.2) is 25.6 Å². The molecule has 4 nitrogen and oxygen atoms in total. The average molecular weight is 218 g/mol. The highest BCUT2D eigenvalue weighted by Crippen LogP contribution is 2.38. The third-order valence-electron chi connectivity index (χ3n) is 3.33. The predicted octanol–water partition coefficient (Wildman–Crippen LogP) is 1.62. The highest BCUT2D eigenvalue weighted by molar-refractivity contribution is 6.04. The Morgan fingerprint density at radius 2 is 2.38 bits per heavy atom. The zero-order chi connectivity index (χ0) is 11.1. The van der Waals surface area contributed by atoms with Gasteiger partial charge in [-0.25, -0.2) is 0 Å². The van der Waals surface area contributed by atoms with E-state index in [0.717, 1.165) is 36.5 Å². The maximum atomic E-state index is 11.8. The number of anilines is 2. The molecule has 3 rings (SSSR count). The number of hydrogen-bond donors (Lipinski definition) is 1. The van der Waals surface area contributed by atoms with E-state index in [2.05, 4.69) is 10.2 Å². The zero-order valence-electron chi connectivity index (χ0n) is 9.19. The van der Waals surface area contributed by atoms with E-state index in [1.165, 1.54) is 0 Å². The van der Waals surface area contributed by atoms with Crippen molar-refractivity contribution in [1.82, 2.24) is 0 Å². The topological polar surface area (TPSA) is 41.6 Å². The van der Waals surface area contributed by atoms with Gasteiger partial charge in [-0.15, -0.1) is 0 Å². The number of carbonyl (C=O) groups is 1. The molecule has 1 amide bonds. The number of amides is 1. The molecule has 0 bridgehead atoms. The molecule has 0 saturated carbocycles. The molecule has 1 atom stereocenters. The van der Waals surface area contributed by atoms with Crippen molar-refractivity contribution < 1.29 is 9.53 Å². The van der Waals surface area contributed by atoms with Crippen molar-refractivity contribution >= 4 is 17.3 Å². The lowest BCUT2D eigenvalue weighted by Gasteiger charge is -2.33. The Morgan fingerprint density at radius 3 is 3.19 bits per heavy atom. The molecule has 4 heteroatoms. The highest BCUT2D eigenvalue weighted by Gasteiger charge is 2.36. The molecule has 1 fully saturated rings. The van der Waals surface area contributed by atoms with Crippen molar-refractivity contribution in [2.75, 3.05) is 23.9 Å². The van der Waals surface area contributed by atoms with Crippen LogP contribution in [0.3, 0.4) is 0 Å². The maximum absolute atomic E-state index is 11.8. The summed E-state index contributed by atoms with van der Waals surface area (Å²) in [5.74, 6) is 0.884. The lowest BCUT2D eigenvalue weighted by atomic mass is 10.1. The summed E-state index contributed by atoms with van der Waals surface area (Å²) in [7, 11) is 1.63. The number of fused-ring (bicyclic) bond motifs is 3. The second kappa shape index (κ2) is 3.40. The molecule has 0 spiro atoms. The number of rotatable bonds is 1. The summed E-state index contributed by atoms with van der Waals surface area (Å²) < 4.78 is 5.16. The fourth-order valence-electron chi connectivity index (χ4n) is 2.54. The van der Waals surface area contributed by atoms with Gasteiger partial charge >= 0.3 is 0 Å². The highest BCUT2D eigenvalue weighted by atomic mass is 16.5. The van der Waals surface area contributed by atoms with E-state index in [1.54, 1.807) is 7.11 Å². The van der Waals surface area contributed by atoms with E-state index < -0.39 is 0 Å². The molecule has 1 N–H and O–H groups in total. The summed E-state index contributed by atoms with van der Waals surface area (Å²) in [6.45, 7) is 0.970. The van der Waals surface area contributed by atoms with Crippen molar-refractivity contribution in [3.63, 3.8) is 0 Å². The quantitative estimate of drug-likeness (QED) is 0.778. The standard InChI is InChI=1S/C12H14N2O2/c1-16-8-4-5-10-9(7-8)13-12(15)11-3-2-6-14(10)11/h4-5,7,11H,2-3,6H2,1H3,(H,13,15). The number of carbonyl (C=O) groups excluding carboxylic acids is 1. The second-order valence-corrected chi connectivity index (χ2v) is 4.22. The van der Waals surface area contributed by atoms with Crippen molar-refractivity contribution in [3.05, 3.63) is 18.2 Å². The summed E-state index contributed by atoms with van der Waals surface area (Å²) in [5, 5.41) is 2.95. The number of methoxy groups -OCH3 is 1. The molecular weight excluding hydrogens is 204 g/mol. The molecule has 1 aromatic rings. The van der Waals surface area contributed by atoms with Crippen molar-refractivity contribution in [1.29, 1.82) is 0 Å². The Balaban J connectivity index is 2.06. The zero-order valence-corrected chi connectivity index (χ0v) is 9.19. The molecule has 2 aliphatic heterocycles. The molecule has 1 unspecified atom stereocenters. The Kier molecular flexibility index (Phi) is 2.02. The van der Waals surface area contributed by atoms with Crippen LogP contribution in [0.25, 0.3) is 0 Å². The number of nitrogens with zero attached hydrogens (tertiary/aromatic N) is 1. The van der Waals surface area contributed by atoms with E-state index in [0.29, 0.717) is 0 Å². The lowest BCUT2D eigenvalue weighted by molar-refractivity contribution is -0.117. The van der Waals surface area contributed by atoms with Crippen LogP contribution in [0.15, 0.2) is 18.2 Å². The lowest BCUT2D eigenvalue weighted by Crippen LogP contribution is -2.43. The normalized spacial score (nSPS) is 22.4. The van der Waals surface area contributed by atoms with Crippen LogP contribution in [0.5, 0.6) is 5.75 Å². The van der Waals surface area contributed by atoms with Gasteiger partial charge in [-0.3, -0.25) is 4.79 Å². The minimum Gasteiger partial charge on any atom is -0.497 e. The first kappa shape index (κ1) is 9.51. The Labute approximate surface area is 94.2 Å². The minimum atomic E-state index is 0.0286. The minimum absolute atomic E-state index is 0.0286. The van der Waals surface area contributed by atoms with E-state index in [1.807, 2.05) is 18.2 Å². The third kappa shape index (κ3) is 1.26. The van der Waals surface area contributed by atoms with Crippen LogP contribution < -0.4 is 15.0 Å². The first-order chi connectivity index (χ1) is 7.79. The summed E-state index contributed by atoms with van der Waals surface area (Å²) in [6, 6.07) is 5.86. The molecule has 0 aliphatic carbocycles. The fourth-order valence-corrected chi connectivity index (χ4v) is 2.54. The monoisotopic (exact) mass is 218 g/mol. The summed E-state index contributed by atoms with van der Waals surface area (Å²) in [4.78, 5) is 14.0. The van der Waals surface area contributed by atoms with Crippen LogP contribution in [0.2, 0.25) is 0 Å². The average Bonchev–Trinajstić information content (AvgIpc) is 2.78. The van der Waals surface area contributed by atoms with Gasteiger partial charge in [-0.2, -0.15) is 0 Å². The molecular formula is C12H14N2O2. The maximum Gasteiger partial charge on any atom is 0.247 e. The van der Waals surface area contributed by atoms with E-state index in [9.17, 15) is 4.79 Å². The van der Waals surface area contributed by atoms with Crippen LogP contribution in [0.1, 0.15) is 12.8 Å². The van der Waals surface area contributed by atoms with Gasteiger partial charge in [0.15, 0.2) is 0 Å². The number of ether oxygens (including phenoxy) is 1. The molecule has 0 radical (unpaired) electrons. The SMILES string of the molecule is COc1ccc2c(c1)NC(=O)C1CCCN21. The van der Waals surface area contributed by atoms with E-state index in [-0.39, 0.29) is 11.9 Å². The van der Waals surface area contributed by atoms with Gasteiger partial charge in [-0.1, -0.05) is 0 Å². The van der Waals surface area contributed by atoms with Gasteiger partial charge in [0.1, 0.15) is 11.8 Å². The number of hydrogen-bond acceptors (Lipinski definition) is 3. The van der Waals surface area contributed by atoms with Crippen molar-refractivity contribution in [2.45, 2.75) is 18.9 Å². The Hall–Kier alpha value is -1.71.